The standard InChI is InChI=1S/C16H24O6/c17-13(18)11-9-7-5-3-1-2-4-6-8-10-12-14(19-12)15-16(20-14,21-15)22-15/h12H,1-11H2,(H,17,18). The molecule has 6 heteroatoms. The number of carbonyl (C=O) groups is 1. The number of hydrogen-bond acceptors (Lipinski definition) is 5. The third-order valence-electron chi connectivity index (χ3n) is 5.16. The molecule has 4 heterocycles. The van der Waals surface area contributed by atoms with Crippen molar-refractivity contribution in [2.75, 3.05) is 0 Å². The summed E-state index contributed by atoms with van der Waals surface area (Å²) in [5.41, 5.74) is 0. The summed E-state index contributed by atoms with van der Waals surface area (Å²) < 4.78 is 21.8. The molecule has 0 aromatic heterocycles. The maximum absolute atomic E-state index is 10.4. The molecule has 2 unspecified atom stereocenters. The van der Waals surface area contributed by atoms with Crippen LogP contribution in [0.4, 0.5) is 0 Å². The van der Waals surface area contributed by atoms with Gasteiger partial charge in [-0.05, 0) is 12.8 Å². The van der Waals surface area contributed by atoms with Gasteiger partial charge < -0.3 is 9.84 Å². The van der Waals surface area contributed by atoms with Gasteiger partial charge in [0.25, 0.3) is 5.79 Å². The number of carboxylic acid groups (broad SMARTS) is 1. The van der Waals surface area contributed by atoms with Crippen LogP contribution in [0.5, 0.6) is 0 Å². The Balaban J connectivity index is 0.936. The van der Waals surface area contributed by atoms with E-state index < -0.39 is 23.5 Å². The summed E-state index contributed by atoms with van der Waals surface area (Å²) in [6, 6.07) is 0. The highest BCUT2D eigenvalue weighted by atomic mass is 17.2. The molecule has 1 N–H and O–H groups in total. The first-order valence-electron chi connectivity index (χ1n) is 8.64. The van der Waals surface area contributed by atoms with E-state index in [1.54, 1.807) is 0 Å². The predicted octanol–water partition coefficient (Wildman–Crippen LogP) is 2.90. The number of aliphatic carboxylic acids is 1. The number of epoxide rings is 3. The highest BCUT2D eigenvalue weighted by molar-refractivity contribution is 5.66. The lowest BCUT2D eigenvalue weighted by Gasteiger charge is -2.10. The first-order chi connectivity index (χ1) is 10.6. The van der Waals surface area contributed by atoms with E-state index in [1.807, 2.05) is 0 Å². The number of ether oxygens (including phenoxy) is 4. The van der Waals surface area contributed by atoms with Gasteiger partial charge in [-0.15, -0.1) is 0 Å². The average Bonchev–Trinajstić information content (AvgIpc) is 3.32. The quantitative estimate of drug-likeness (QED) is 0.440. The van der Waals surface area contributed by atoms with E-state index in [2.05, 4.69) is 0 Å². The summed E-state index contributed by atoms with van der Waals surface area (Å²) in [5.74, 6) is -2.35. The Labute approximate surface area is 130 Å². The molecular weight excluding hydrogens is 288 g/mol. The summed E-state index contributed by atoms with van der Waals surface area (Å²) >= 11 is 0. The zero-order valence-electron chi connectivity index (χ0n) is 12.8. The fourth-order valence-corrected chi connectivity index (χ4v) is 3.67. The topological polar surface area (TPSA) is 84.1 Å². The molecule has 4 aliphatic heterocycles. The van der Waals surface area contributed by atoms with Gasteiger partial charge in [0.1, 0.15) is 6.10 Å². The summed E-state index contributed by atoms with van der Waals surface area (Å²) in [5, 5.41) is 8.53. The Kier molecular flexibility index (Phi) is 3.49. The number of rotatable bonds is 12. The molecule has 1 spiro atoms. The average molecular weight is 312 g/mol. The van der Waals surface area contributed by atoms with Gasteiger partial charge >= 0.3 is 17.7 Å². The van der Waals surface area contributed by atoms with Crippen LogP contribution in [0, 0.1) is 0 Å². The van der Waals surface area contributed by atoms with Gasteiger partial charge in [0.15, 0.2) is 0 Å². The van der Waals surface area contributed by atoms with Crippen molar-refractivity contribution in [2.45, 2.75) is 94.3 Å². The van der Waals surface area contributed by atoms with Crippen molar-refractivity contribution < 1.29 is 28.8 Å². The molecule has 22 heavy (non-hydrogen) atoms. The van der Waals surface area contributed by atoms with Crippen molar-refractivity contribution in [1.82, 2.24) is 0 Å². The van der Waals surface area contributed by atoms with Crippen LogP contribution in [0.2, 0.25) is 0 Å². The van der Waals surface area contributed by atoms with E-state index >= 15 is 0 Å². The Morgan fingerprint density at radius 3 is 1.95 bits per heavy atom. The Morgan fingerprint density at radius 2 is 1.45 bits per heavy atom. The minimum atomic E-state index is -0.680. The van der Waals surface area contributed by atoms with E-state index in [0.717, 1.165) is 32.1 Å². The highest BCUT2D eigenvalue weighted by Crippen LogP contribution is 2.88. The minimum absolute atomic E-state index is 0.167. The zero-order valence-corrected chi connectivity index (χ0v) is 12.8. The number of unbranched alkanes of at least 4 members (excludes halogenated alkanes) is 8. The molecule has 6 nitrogen and oxygen atoms in total. The van der Waals surface area contributed by atoms with Crippen LogP contribution in [0.15, 0.2) is 0 Å². The zero-order chi connectivity index (χ0) is 15.3. The molecule has 4 aliphatic rings. The molecule has 0 saturated carbocycles. The summed E-state index contributed by atoms with van der Waals surface area (Å²) in [4.78, 5) is 10.4. The van der Waals surface area contributed by atoms with Crippen LogP contribution in [0.3, 0.4) is 0 Å². The monoisotopic (exact) mass is 312 g/mol. The summed E-state index contributed by atoms with van der Waals surface area (Å²) in [6.45, 7) is 0. The molecule has 0 amide bonds. The predicted molar refractivity (Wildman–Crippen MR) is 74.7 cm³/mol. The van der Waals surface area contributed by atoms with Crippen molar-refractivity contribution in [2.24, 2.45) is 0 Å². The molecule has 2 atom stereocenters. The Bertz CT molecular complexity index is 458. The number of hydrogen-bond donors (Lipinski definition) is 1. The van der Waals surface area contributed by atoms with Crippen molar-refractivity contribution in [3.05, 3.63) is 0 Å². The molecule has 0 aromatic carbocycles. The van der Waals surface area contributed by atoms with Gasteiger partial charge in [0, 0.05) is 6.42 Å². The van der Waals surface area contributed by atoms with Gasteiger partial charge in [-0.2, -0.15) is 0 Å². The third-order valence-corrected chi connectivity index (χ3v) is 5.16. The second-order valence-electron chi connectivity index (χ2n) is 6.87. The molecular formula is C16H24O6. The third kappa shape index (κ3) is 2.19. The van der Waals surface area contributed by atoms with Crippen LogP contribution < -0.4 is 0 Å². The molecule has 0 aromatic rings. The summed E-state index contributed by atoms with van der Waals surface area (Å²) in [7, 11) is 0. The van der Waals surface area contributed by atoms with Gasteiger partial charge in [-0.3, -0.25) is 19.0 Å². The maximum atomic E-state index is 10.4. The SMILES string of the molecule is O=C(O)CCCCCCCCCCCC1OC12OC13OC12O3. The lowest BCUT2D eigenvalue weighted by atomic mass is 10.0. The van der Waals surface area contributed by atoms with Crippen LogP contribution in [0.25, 0.3) is 0 Å². The first kappa shape index (κ1) is 14.9. The van der Waals surface area contributed by atoms with Gasteiger partial charge in [-0.25, -0.2) is 0 Å². The van der Waals surface area contributed by atoms with Gasteiger partial charge in [0.2, 0.25) is 0 Å². The Hall–Kier alpha value is -0.690. The molecule has 4 rings (SSSR count). The molecule has 0 radical (unpaired) electrons. The first-order valence-corrected chi connectivity index (χ1v) is 8.64. The fourth-order valence-electron chi connectivity index (χ4n) is 3.67. The largest absolute Gasteiger partial charge is 0.481 e. The van der Waals surface area contributed by atoms with Crippen molar-refractivity contribution in [3.63, 3.8) is 0 Å². The molecule has 124 valence electrons. The van der Waals surface area contributed by atoms with Crippen molar-refractivity contribution in [1.29, 1.82) is 0 Å². The lowest BCUT2D eigenvalue weighted by molar-refractivity contribution is -0.166. The fraction of sp³-hybridized carbons (Fsp3) is 0.938. The second kappa shape index (κ2) is 5.16. The molecule has 4 saturated heterocycles. The smallest absolute Gasteiger partial charge is 0.355 e. The molecule has 0 bridgehead atoms. The van der Waals surface area contributed by atoms with Crippen molar-refractivity contribution >= 4 is 5.97 Å². The molecule has 0 aliphatic carbocycles. The van der Waals surface area contributed by atoms with Crippen LogP contribution in [-0.2, 0) is 23.7 Å². The normalized spacial score (nSPS) is 42.5. The maximum Gasteiger partial charge on any atom is 0.355 e. The van der Waals surface area contributed by atoms with Gasteiger partial charge in [0.05, 0.1) is 0 Å². The van der Waals surface area contributed by atoms with E-state index in [-0.39, 0.29) is 6.10 Å². The molecule has 4 fully saturated rings. The Morgan fingerprint density at radius 1 is 0.864 bits per heavy atom. The van der Waals surface area contributed by atoms with Crippen LogP contribution in [-0.4, -0.2) is 34.7 Å². The van der Waals surface area contributed by atoms with E-state index in [9.17, 15) is 4.79 Å². The van der Waals surface area contributed by atoms with Crippen molar-refractivity contribution in [3.8, 4) is 0 Å². The van der Waals surface area contributed by atoms with E-state index in [0.29, 0.717) is 6.42 Å². The minimum Gasteiger partial charge on any atom is -0.481 e. The number of carboxylic acids is 1. The van der Waals surface area contributed by atoms with Crippen LogP contribution in [0.1, 0.15) is 70.6 Å². The lowest BCUT2D eigenvalue weighted by Crippen LogP contribution is -2.39. The highest BCUT2D eigenvalue weighted by Gasteiger charge is 3.16. The van der Waals surface area contributed by atoms with Gasteiger partial charge in [-0.1, -0.05) is 51.4 Å². The van der Waals surface area contributed by atoms with E-state index in [1.165, 1.54) is 32.1 Å². The van der Waals surface area contributed by atoms with Crippen LogP contribution >= 0.6 is 0 Å². The summed E-state index contributed by atoms with van der Waals surface area (Å²) in [6.07, 6.45) is 11.9. The van der Waals surface area contributed by atoms with E-state index in [4.69, 9.17) is 24.1 Å². The second-order valence-corrected chi connectivity index (χ2v) is 6.87.